The number of nitrogens with zero attached hydrogens (tertiary/aromatic N) is 3. The number of rotatable bonds is 8. The molecule has 1 saturated heterocycles. The smallest absolute Gasteiger partial charge is 0.343 e. The van der Waals surface area contributed by atoms with E-state index in [0.29, 0.717) is 44.2 Å². The standard InChI is InChI=1S/C24H28N4O4/c1-2-21-22(24(29)30)23(32-15-12-27-10-13-31-14-11-27)28(26-21)20-8-6-17(7-9-20)18-4-3-5-19(25)16-18/h3-9,16H,2,10-15,25H2,1H3,(H,29,30). The van der Waals surface area contributed by atoms with Crippen molar-refractivity contribution in [1.82, 2.24) is 14.7 Å². The minimum absolute atomic E-state index is 0.120. The van der Waals surface area contributed by atoms with Crippen LogP contribution in [0, 0.1) is 0 Å². The van der Waals surface area contributed by atoms with Crippen LogP contribution < -0.4 is 10.5 Å². The minimum Gasteiger partial charge on any atom is -0.477 e. The summed E-state index contributed by atoms with van der Waals surface area (Å²) >= 11 is 0. The van der Waals surface area contributed by atoms with Gasteiger partial charge in [0, 0.05) is 25.3 Å². The topological polar surface area (TPSA) is 103 Å². The van der Waals surface area contributed by atoms with Crippen LogP contribution in [0.4, 0.5) is 5.69 Å². The summed E-state index contributed by atoms with van der Waals surface area (Å²) in [5.41, 5.74) is 9.99. The molecule has 3 aromatic rings. The Kier molecular flexibility index (Phi) is 6.72. The second kappa shape index (κ2) is 9.84. The molecular weight excluding hydrogens is 408 g/mol. The molecule has 0 atom stereocenters. The van der Waals surface area contributed by atoms with Crippen LogP contribution in [0.1, 0.15) is 23.0 Å². The molecular formula is C24H28N4O4. The van der Waals surface area contributed by atoms with E-state index < -0.39 is 5.97 Å². The molecule has 0 radical (unpaired) electrons. The summed E-state index contributed by atoms with van der Waals surface area (Å²) in [6.45, 7) is 6.06. The number of morpholine rings is 1. The molecule has 3 N–H and O–H groups in total. The maximum atomic E-state index is 12.0. The molecule has 168 valence electrons. The number of nitrogens with two attached hydrogens (primary N) is 1. The summed E-state index contributed by atoms with van der Waals surface area (Å²) in [6.07, 6.45) is 0.496. The van der Waals surface area contributed by atoms with Gasteiger partial charge in [0.1, 0.15) is 12.2 Å². The highest BCUT2D eigenvalue weighted by Crippen LogP contribution is 2.29. The number of aryl methyl sites for hydroxylation is 1. The maximum Gasteiger partial charge on any atom is 0.343 e. The van der Waals surface area contributed by atoms with Crippen molar-refractivity contribution >= 4 is 11.7 Å². The first-order valence-corrected chi connectivity index (χ1v) is 10.8. The predicted octanol–water partition coefficient (Wildman–Crippen LogP) is 3.09. The van der Waals surface area contributed by atoms with Crippen LogP contribution in [0.25, 0.3) is 16.8 Å². The van der Waals surface area contributed by atoms with E-state index >= 15 is 0 Å². The van der Waals surface area contributed by atoms with Crippen molar-refractivity contribution < 1.29 is 19.4 Å². The van der Waals surface area contributed by atoms with Gasteiger partial charge in [-0.05, 0) is 41.8 Å². The number of aromatic carboxylic acids is 1. The van der Waals surface area contributed by atoms with Crippen LogP contribution >= 0.6 is 0 Å². The second-order valence-electron chi connectivity index (χ2n) is 7.67. The summed E-state index contributed by atoms with van der Waals surface area (Å²) in [6, 6.07) is 15.4. The summed E-state index contributed by atoms with van der Waals surface area (Å²) in [4.78, 5) is 14.3. The molecule has 1 aliphatic rings. The Morgan fingerprint density at radius 1 is 1.16 bits per heavy atom. The Labute approximate surface area is 187 Å². The quantitative estimate of drug-likeness (QED) is 0.523. The van der Waals surface area contributed by atoms with E-state index in [-0.39, 0.29) is 11.4 Å². The lowest BCUT2D eigenvalue weighted by Gasteiger charge is -2.26. The Morgan fingerprint density at radius 2 is 1.91 bits per heavy atom. The van der Waals surface area contributed by atoms with Crippen molar-refractivity contribution in [1.29, 1.82) is 0 Å². The maximum absolute atomic E-state index is 12.0. The molecule has 2 aromatic carbocycles. The van der Waals surface area contributed by atoms with Gasteiger partial charge in [0.15, 0.2) is 0 Å². The molecule has 1 aliphatic heterocycles. The molecule has 4 rings (SSSR count). The minimum atomic E-state index is -1.04. The Balaban J connectivity index is 1.61. The van der Waals surface area contributed by atoms with Crippen molar-refractivity contribution in [2.24, 2.45) is 0 Å². The van der Waals surface area contributed by atoms with E-state index in [9.17, 15) is 9.90 Å². The molecule has 0 saturated carbocycles. The number of carboxylic acids is 1. The van der Waals surface area contributed by atoms with E-state index in [2.05, 4.69) is 10.00 Å². The van der Waals surface area contributed by atoms with Crippen LogP contribution in [0.2, 0.25) is 0 Å². The SMILES string of the molecule is CCc1nn(-c2ccc(-c3cccc(N)c3)cc2)c(OCCN2CCOCC2)c1C(=O)O. The van der Waals surface area contributed by atoms with Gasteiger partial charge < -0.3 is 20.3 Å². The lowest BCUT2D eigenvalue weighted by Crippen LogP contribution is -2.38. The van der Waals surface area contributed by atoms with Gasteiger partial charge in [0.05, 0.1) is 24.6 Å². The van der Waals surface area contributed by atoms with Gasteiger partial charge in [-0.15, -0.1) is 0 Å². The highest BCUT2D eigenvalue weighted by Gasteiger charge is 2.25. The number of carbonyl (C=O) groups is 1. The fourth-order valence-electron chi connectivity index (χ4n) is 3.83. The highest BCUT2D eigenvalue weighted by molar-refractivity contribution is 5.92. The summed E-state index contributed by atoms with van der Waals surface area (Å²) in [5, 5.41) is 14.4. The molecule has 8 nitrogen and oxygen atoms in total. The second-order valence-corrected chi connectivity index (χ2v) is 7.67. The van der Waals surface area contributed by atoms with Gasteiger partial charge in [0.2, 0.25) is 5.88 Å². The molecule has 0 bridgehead atoms. The van der Waals surface area contributed by atoms with E-state index in [4.69, 9.17) is 15.2 Å². The van der Waals surface area contributed by atoms with E-state index in [0.717, 1.165) is 29.9 Å². The third kappa shape index (κ3) is 4.76. The first-order valence-electron chi connectivity index (χ1n) is 10.8. The van der Waals surface area contributed by atoms with Crippen LogP contribution in [0.3, 0.4) is 0 Å². The summed E-state index contributed by atoms with van der Waals surface area (Å²) in [5.74, 6) is -0.773. The summed E-state index contributed by atoms with van der Waals surface area (Å²) < 4.78 is 13.0. The molecule has 0 spiro atoms. The van der Waals surface area contributed by atoms with Gasteiger partial charge in [-0.1, -0.05) is 31.2 Å². The Hall–Kier alpha value is -3.36. The molecule has 0 amide bonds. The number of anilines is 1. The third-order valence-electron chi connectivity index (χ3n) is 5.55. The molecule has 8 heteroatoms. The monoisotopic (exact) mass is 436 g/mol. The van der Waals surface area contributed by atoms with Crippen molar-refractivity contribution in [2.75, 3.05) is 45.2 Å². The first-order chi connectivity index (χ1) is 15.6. The van der Waals surface area contributed by atoms with E-state index in [1.165, 1.54) is 0 Å². The van der Waals surface area contributed by atoms with E-state index in [1.54, 1.807) is 4.68 Å². The number of hydrogen-bond donors (Lipinski definition) is 2. The molecule has 1 aromatic heterocycles. The number of benzene rings is 2. The average molecular weight is 437 g/mol. The van der Waals surface area contributed by atoms with Crippen molar-refractivity contribution in [2.45, 2.75) is 13.3 Å². The van der Waals surface area contributed by atoms with Crippen molar-refractivity contribution in [3.05, 3.63) is 59.8 Å². The predicted molar refractivity (Wildman–Crippen MR) is 123 cm³/mol. The molecule has 0 unspecified atom stereocenters. The van der Waals surface area contributed by atoms with Crippen LogP contribution in [0.5, 0.6) is 5.88 Å². The zero-order valence-corrected chi connectivity index (χ0v) is 18.2. The highest BCUT2D eigenvalue weighted by atomic mass is 16.5. The number of ether oxygens (including phenoxy) is 2. The fraction of sp³-hybridized carbons (Fsp3) is 0.333. The van der Waals surface area contributed by atoms with Crippen LogP contribution in [-0.2, 0) is 11.2 Å². The lowest BCUT2D eigenvalue weighted by molar-refractivity contribution is 0.0317. The largest absolute Gasteiger partial charge is 0.477 e. The van der Waals surface area contributed by atoms with Gasteiger partial charge in [-0.2, -0.15) is 5.10 Å². The van der Waals surface area contributed by atoms with Crippen LogP contribution in [0.15, 0.2) is 48.5 Å². The van der Waals surface area contributed by atoms with Gasteiger partial charge in [-0.25, -0.2) is 9.48 Å². The van der Waals surface area contributed by atoms with Gasteiger partial charge >= 0.3 is 5.97 Å². The van der Waals surface area contributed by atoms with Crippen LogP contribution in [-0.4, -0.2) is 65.2 Å². The Bertz CT molecular complexity index is 1070. The Morgan fingerprint density at radius 3 is 2.56 bits per heavy atom. The average Bonchev–Trinajstić information content (AvgIpc) is 3.19. The molecule has 32 heavy (non-hydrogen) atoms. The third-order valence-corrected chi connectivity index (χ3v) is 5.55. The van der Waals surface area contributed by atoms with Gasteiger partial charge in [-0.3, -0.25) is 4.90 Å². The summed E-state index contributed by atoms with van der Waals surface area (Å²) in [7, 11) is 0. The number of hydrogen-bond acceptors (Lipinski definition) is 6. The van der Waals surface area contributed by atoms with Crippen molar-refractivity contribution in [3.8, 4) is 22.7 Å². The number of carboxylic acid groups (broad SMARTS) is 1. The first kappa shape index (κ1) is 21.9. The normalized spacial score (nSPS) is 14.4. The molecule has 2 heterocycles. The number of aromatic nitrogens is 2. The van der Waals surface area contributed by atoms with Crippen molar-refractivity contribution in [3.63, 3.8) is 0 Å². The zero-order chi connectivity index (χ0) is 22.5. The van der Waals surface area contributed by atoms with Gasteiger partial charge in [0.25, 0.3) is 0 Å². The van der Waals surface area contributed by atoms with E-state index in [1.807, 2.05) is 55.5 Å². The number of nitrogen functional groups attached to an aromatic ring is 1. The lowest BCUT2D eigenvalue weighted by atomic mass is 10.0. The molecule has 1 fully saturated rings. The molecule has 0 aliphatic carbocycles. The zero-order valence-electron chi connectivity index (χ0n) is 18.2. The fourth-order valence-corrected chi connectivity index (χ4v) is 3.83.